The molecule has 0 aliphatic heterocycles. The fourth-order valence-corrected chi connectivity index (χ4v) is 4.25. The molecule has 1 aromatic rings. The summed E-state index contributed by atoms with van der Waals surface area (Å²) in [5, 5.41) is 9.57. The van der Waals surface area contributed by atoms with Crippen molar-refractivity contribution in [1.82, 2.24) is 4.31 Å². The number of carbonyl (C=O) groups is 1. The van der Waals surface area contributed by atoms with Crippen LogP contribution >= 0.6 is 0 Å². The zero-order valence-corrected chi connectivity index (χ0v) is 19.5. The molecular weight excluding hydrogens is 367 g/mol. The monoisotopic (exact) mass is 396 g/mol. The van der Waals surface area contributed by atoms with Crippen LogP contribution in [0.1, 0.15) is 40.1 Å². The Balaban J connectivity index is 0. The summed E-state index contributed by atoms with van der Waals surface area (Å²) in [5.74, 6) is -1.11. The van der Waals surface area contributed by atoms with Crippen molar-refractivity contribution < 1.29 is 71.1 Å². The summed E-state index contributed by atoms with van der Waals surface area (Å²) in [6.45, 7) is 6.24. The van der Waals surface area contributed by atoms with Crippen LogP contribution in [0, 0.1) is 12.8 Å². The van der Waals surface area contributed by atoms with Gasteiger partial charge in [0.2, 0.25) is 10.0 Å². The van der Waals surface area contributed by atoms with Gasteiger partial charge in [-0.2, -0.15) is 4.31 Å². The van der Waals surface area contributed by atoms with E-state index in [1.807, 2.05) is 20.8 Å². The Kier molecular flexibility index (Phi) is 11.9. The number of hydrogen-bond donors (Lipinski definition) is 2. The number of carboxylic acids is 1. The van der Waals surface area contributed by atoms with Gasteiger partial charge in [-0.1, -0.05) is 31.5 Å². The Hall–Kier alpha value is 0.196. The fraction of sp³-hybridized carbons (Fsp3) is 0.588. The van der Waals surface area contributed by atoms with Crippen LogP contribution in [0.3, 0.4) is 0 Å². The summed E-state index contributed by atoms with van der Waals surface area (Å²) in [5.41, 5.74) is 6.41. The molecule has 1 aromatic carbocycles. The van der Waals surface area contributed by atoms with Crippen molar-refractivity contribution in [3.63, 3.8) is 0 Å². The molecule has 0 aromatic heterocycles. The molecule has 0 amide bonds. The average Bonchev–Trinajstić information content (AvgIpc) is 2.49. The number of nitrogens with zero attached hydrogens (tertiary/aromatic N) is 1. The number of nitrogens with two attached hydrogens (primary N) is 1. The van der Waals surface area contributed by atoms with Gasteiger partial charge in [0.15, 0.2) is 0 Å². The Labute approximate surface area is 195 Å². The third-order valence-electron chi connectivity index (χ3n) is 3.74. The molecule has 0 saturated carbocycles. The zero-order chi connectivity index (χ0) is 18.3. The van der Waals surface area contributed by atoms with Gasteiger partial charge in [0.25, 0.3) is 0 Å². The van der Waals surface area contributed by atoms with E-state index in [-0.39, 0.29) is 76.6 Å². The third-order valence-corrected chi connectivity index (χ3v) is 5.63. The van der Waals surface area contributed by atoms with E-state index < -0.39 is 22.0 Å². The van der Waals surface area contributed by atoms with Crippen molar-refractivity contribution in [3.05, 3.63) is 29.8 Å². The van der Waals surface area contributed by atoms with Crippen molar-refractivity contribution >= 4 is 16.0 Å². The van der Waals surface area contributed by atoms with Crippen molar-refractivity contribution in [2.75, 3.05) is 13.1 Å². The molecule has 25 heavy (non-hydrogen) atoms. The molecule has 1 atom stereocenters. The first-order valence-electron chi connectivity index (χ1n) is 8.21. The quantitative estimate of drug-likeness (QED) is 0.404. The van der Waals surface area contributed by atoms with E-state index in [1.165, 1.54) is 12.1 Å². The van der Waals surface area contributed by atoms with Crippen molar-refractivity contribution in [1.29, 1.82) is 0 Å². The Morgan fingerprint density at radius 2 is 1.80 bits per heavy atom. The van der Waals surface area contributed by atoms with Gasteiger partial charge < -0.3 is 12.3 Å². The molecule has 3 N–H and O–H groups in total. The van der Waals surface area contributed by atoms with Gasteiger partial charge in [0.1, 0.15) is 6.04 Å². The molecule has 1 rings (SSSR count). The minimum absolute atomic E-state index is 0. The standard InChI is InChI=1S/C17H28N2O4S.K.H/c1-13(2)12-19(16(17(20)21)6-4-5-11-18)24(22,23)15-9-7-14(3)8-10-15;;/h7-10,13,16H,4-6,11-12,18H2,1-3H3,(H,20,21);;/q;+1;-1/t16-;;/m0../s1. The number of aryl methyl sites for hydroxylation is 1. The van der Waals surface area contributed by atoms with Crippen LogP contribution < -0.4 is 57.1 Å². The van der Waals surface area contributed by atoms with Crippen LogP contribution in [0.5, 0.6) is 0 Å². The number of rotatable bonds is 10. The predicted octanol–water partition coefficient (Wildman–Crippen LogP) is -0.660. The first kappa shape index (κ1) is 25.2. The molecule has 0 heterocycles. The van der Waals surface area contributed by atoms with E-state index in [1.54, 1.807) is 12.1 Å². The molecule has 0 saturated heterocycles. The van der Waals surface area contributed by atoms with Crippen LogP contribution in [0.25, 0.3) is 0 Å². The summed E-state index contributed by atoms with van der Waals surface area (Å²) in [7, 11) is -3.87. The normalized spacial score (nSPS) is 12.9. The first-order valence-corrected chi connectivity index (χ1v) is 9.65. The van der Waals surface area contributed by atoms with Crippen LogP contribution in [-0.4, -0.2) is 42.9 Å². The van der Waals surface area contributed by atoms with Gasteiger partial charge in [0, 0.05) is 6.54 Å². The molecule has 0 fully saturated rings. The molecule has 138 valence electrons. The molecule has 0 aliphatic rings. The summed E-state index contributed by atoms with van der Waals surface area (Å²) < 4.78 is 27.1. The Morgan fingerprint density at radius 1 is 1.24 bits per heavy atom. The second-order valence-electron chi connectivity index (χ2n) is 6.42. The first-order chi connectivity index (χ1) is 11.2. The van der Waals surface area contributed by atoms with Gasteiger partial charge >= 0.3 is 57.4 Å². The van der Waals surface area contributed by atoms with E-state index in [9.17, 15) is 18.3 Å². The molecular formula is C17H29KN2O4S. The molecule has 0 bridgehead atoms. The van der Waals surface area contributed by atoms with Crippen molar-refractivity contribution in [2.45, 2.75) is 51.0 Å². The van der Waals surface area contributed by atoms with Crippen molar-refractivity contribution in [3.8, 4) is 0 Å². The topological polar surface area (TPSA) is 101 Å². The number of sulfonamides is 1. The molecule has 8 heteroatoms. The summed E-state index contributed by atoms with van der Waals surface area (Å²) >= 11 is 0. The Bertz CT molecular complexity index is 639. The number of benzene rings is 1. The van der Waals surface area contributed by atoms with E-state index in [0.29, 0.717) is 19.4 Å². The van der Waals surface area contributed by atoms with Crippen LogP contribution in [0.4, 0.5) is 0 Å². The third kappa shape index (κ3) is 7.76. The zero-order valence-electron chi connectivity index (χ0n) is 16.6. The fourth-order valence-electron chi connectivity index (χ4n) is 2.47. The van der Waals surface area contributed by atoms with Gasteiger partial charge in [-0.05, 0) is 50.8 Å². The SMILES string of the molecule is Cc1ccc(S(=O)(=O)N(CC(C)C)[C@@H](CCCCN)C(=O)O)cc1.[H-].[K+]. The average molecular weight is 397 g/mol. The summed E-state index contributed by atoms with van der Waals surface area (Å²) in [6, 6.07) is 5.40. The van der Waals surface area contributed by atoms with E-state index in [0.717, 1.165) is 9.87 Å². The van der Waals surface area contributed by atoms with Gasteiger partial charge in [-0.15, -0.1) is 0 Å². The number of carboxylic acid groups (broad SMARTS) is 1. The smallest absolute Gasteiger partial charge is 1.00 e. The number of hydrogen-bond acceptors (Lipinski definition) is 4. The maximum atomic E-state index is 13.0. The van der Waals surface area contributed by atoms with Gasteiger partial charge in [0.05, 0.1) is 4.90 Å². The van der Waals surface area contributed by atoms with Crippen LogP contribution in [-0.2, 0) is 14.8 Å². The second-order valence-corrected chi connectivity index (χ2v) is 8.31. The van der Waals surface area contributed by atoms with Crippen molar-refractivity contribution in [2.24, 2.45) is 11.7 Å². The largest absolute Gasteiger partial charge is 1.00 e. The molecule has 0 spiro atoms. The maximum Gasteiger partial charge on any atom is 1.00 e. The van der Waals surface area contributed by atoms with Gasteiger partial charge in [-0.3, -0.25) is 4.79 Å². The van der Waals surface area contributed by atoms with E-state index >= 15 is 0 Å². The van der Waals surface area contributed by atoms with E-state index in [4.69, 9.17) is 5.73 Å². The minimum Gasteiger partial charge on any atom is -1.00 e. The minimum atomic E-state index is -3.87. The maximum absolute atomic E-state index is 13.0. The molecule has 0 aliphatic carbocycles. The molecule has 0 radical (unpaired) electrons. The number of unbranched alkanes of at least 4 members (excludes halogenated alkanes) is 1. The predicted molar refractivity (Wildman–Crippen MR) is 95.4 cm³/mol. The summed E-state index contributed by atoms with van der Waals surface area (Å²) in [6.07, 6.45) is 1.50. The second kappa shape index (κ2) is 11.8. The molecule has 0 unspecified atom stereocenters. The van der Waals surface area contributed by atoms with Crippen LogP contribution in [0.2, 0.25) is 0 Å². The Morgan fingerprint density at radius 3 is 2.24 bits per heavy atom. The molecule has 6 nitrogen and oxygen atoms in total. The van der Waals surface area contributed by atoms with Crippen LogP contribution in [0.15, 0.2) is 29.2 Å². The van der Waals surface area contributed by atoms with E-state index in [2.05, 4.69) is 0 Å². The summed E-state index contributed by atoms with van der Waals surface area (Å²) in [4.78, 5) is 11.8. The number of aliphatic carboxylic acids is 1. The van der Waals surface area contributed by atoms with Gasteiger partial charge in [-0.25, -0.2) is 8.42 Å².